The minimum atomic E-state index is -0.0891. The SMILES string of the molecule is COc1ccc(C)cc1N1CC(c2nc(C3CCOCC3)no2)CC1=O. The van der Waals surface area contributed by atoms with Crippen LogP contribution in [0.15, 0.2) is 22.7 Å². The van der Waals surface area contributed by atoms with Gasteiger partial charge in [-0.2, -0.15) is 4.98 Å². The number of amides is 1. The molecule has 7 heteroatoms. The molecule has 1 unspecified atom stereocenters. The van der Waals surface area contributed by atoms with Crippen molar-refractivity contribution >= 4 is 11.6 Å². The molecule has 1 amide bonds. The van der Waals surface area contributed by atoms with Crippen LogP contribution in [0.25, 0.3) is 0 Å². The summed E-state index contributed by atoms with van der Waals surface area (Å²) in [4.78, 5) is 19.0. The summed E-state index contributed by atoms with van der Waals surface area (Å²) >= 11 is 0. The van der Waals surface area contributed by atoms with Crippen molar-refractivity contribution in [3.05, 3.63) is 35.5 Å². The van der Waals surface area contributed by atoms with Crippen molar-refractivity contribution in [2.24, 2.45) is 0 Å². The average molecular weight is 357 g/mol. The maximum absolute atomic E-state index is 12.6. The van der Waals surface area contributed by atoms with Crippen LogP contribution >= 0.6 is 0 Å². The van der Waals surface area contributed by atoms with Crippen LogP contribution in [0.3, 0.4) is 0 Å². The number of carbonyl (C=O) groups excluding carboxylic acids is 1. The number of hydrogen-bond acceptors (Lipinski definition) is 6. The molecule has 0 saturated carbocycles. The van der Waals surface area contributed by atoms with Gasteiger partial charge in [-0.25, -0.2) is 0 Å². The lowest BCUT2D eigenvalue weighted by atomic mass is 10.00. The van der Waals surface area contributed by atoms with Gasteiger partial charge < -0.3 is 18.9 Å². The molecular weight excluding hydrogens is 334 g/mol. The molecule has 0 bridgehead atoms. The van der Waals surface area contributed by atoms with Crippen molar-refractivity contribution < 1.29 is 18.8 Å². The molecule has 2 fully saturated rings. The largest absolute Gasteiger partial charge is 0.495 e. The molecule has 2 aromatic rings. The number of aromatic nitrogens is 2. The maximum atomic E-state index is 12.6. The second kappa shape index (κ2) is 7.07. The number of carbonyl (C=O) groups is 1. The van der Waals surface area contributed by atoms with Crippen LogP contribution in [-0.2, 0) is 9.53 Å². The third-order valence-corrected chi connectivity index (χ3v) is 5.14. The lowest BCUT2D eigenvalue weighted by Gasteiger charge is -2.19. The van der Waals surface area contributed by atoms with Gasteiger partial charge in [-0.3, -0.25) is 4.79 Å². The molecule has 0 aliphatic carbocycles. The van der Waals surface area contributed by atoms with E-state index in [9.17, 15) is 4.79 Å². The van der Waals surface area contributed by atoms with E-state index in [-0.39, 0.29) is 17.7 Å². The summed E-state index contributed by atoms with van der Waals surface area (Å²) in [6.45, 7) is 3.99. The van der Waals surface area contributed by atoms with E-state index in [1.54, 1.807) is 12.0 Å². The van der Waals surface area contributed by atoms with Gasteiger partial charge in [-0.15, -0.1) is 0 Å². The highest BCUT2D eigenvalue weighted by Gasteiger charge is 2.37. The maximum Gasteiger partial charge on any atom is 0.232 e. The van der Waals surface area contributed by atoms with Crippen LogP contribution in [-0.4, -0.2) is 42.9 Å². The predicted molar refractivity (Wildman–Crippen MR) is 94.5 cm³/mol. The zero-order valence-corrected chi connectivity index (χ0v) is 15.1. The Morgan fingerprint density at radius 2 is 2.04 bits per heavy atom. The second-order valence-electron chi connectivity index (χ2n) is 6.96. The summed E-state index contributed by atoms with van der Waals surface area (Å²) < 4.78 is 16.3. The molecular formula is C19H23N3O4. The number of benzene rings is 1. The monoisotopic (exact) mass is 357 g/mol. The van der Waals surface area contributed by atoms with Crippen molar-refractivity contribution in [3.8, 4) is 5.75 Å². The van der Waals surface area contributed by atoms with E-state index in [4.69, 9.17) is 14.0 Å². The Morgan fingerprint density at radius 3 is 2.81 bits per heavy atom. The number of methoxy groups -OCH3 is 1. The smallest absolute Gasteiger partial charge is 0.232 e. The molecule has 0 spiro atoms. The topological polar surface area (TPSA) is 77.7 Å². The van der Waals surface area contributed by atoms with E-state index in [1.165, 1.54) is 0 Å². The Morgan fingerprint density at radius 1 is 1.23 bits per heavy atom. The molecule has 1 aromatic carbocycles. The van der Waals surface area contributed by atoms with Gasteiger partial charge in [-0.05, 0) is 37.5 Å². The first kappa shape index (κ1) is 17.0. The molecule has 0 radical (unpaired) electrons. The summed E-state index contributed by atoms with van der Waals surface area (Å²) in [5, 5.41) is 4.16. The standard InChI is InChI=1S/C19H23N3O4/c1-12-3-4-16(24-2)15(9-12)22-11-14(10-17(22)23)19-20-18(21-26-19)13-5-7-25-8-6-13/h3-4,9,13-14H,5-8,10-11H2,1-2H3. The highest BCUT2D eigenvalue weighted by atomic mass is 16.5. The third-order valence-electron chi connectivity index (χ3n) is 5.14. The van der Waals surface area contributed by atoms with E-state index in [2.05, 4.69) is 10.1 Å². The van der Waals surface area contributed by atoms with E-state index >= 15 is 0 Å². The van der Waals surface area contributed by atoms with E-state index < -0.39 is 0 Å². The summed E-state index contributed by atoms with van der Waals surface area (Å²) in [5.74, 6) is 2.22. The fourth-order valence-electron chi connectivity index (χ4n) is 3.65. The molecule has 2 aliphatic heterocycles. The third kappa shape index (κ3) is 3.19. The van der Waals surface area contributed by atoms with Gasteiger partial charge in [-0.1, -0.05) is 11.2 Å². The Bertz CT molecular complexity index is 798. The molecule has 4 rings (SSSR count). The van der Waals surface area contributed by atoms with Crippen LogP contribution in [0.2, 0.25) is 0 Å². The predicted octanol–water partition coefficient (Wildman–Crippen LogP) is 2.80. The number of nitrogens with zero attached hydrogens (tertiary/aromatic N) is 3. The second-order valence-corrected chi connectivity index (χ2v) is 6.96. The Labute approximate surface area is 152 Å². The van der Waals surface area contributed by atoms with E-state index in [0.717, 1.165) is 43.1 Å². The summed E-state index contributed by atoms with van der Waals surface area (Å²) in [5.41, 5.74) is 1.88. The van der Waals surface area contributed by atoms with Crippen LogP contribution < -0.4 is 9.64 Å². The molecule has 138 valence electrons. The van der Waals surface area contributed by atoms with Crippen molar-refractivity contribution in [2.45, 2.75) is 38.0 Å². The summed E-state index contributed by atoms with van der Waals surface area (Å²) in [7, 11) is 1.62. The van der Waals surface area contributed by atoms with Gasteiger partial charge in [0.25, 0.3) is 0 Å². The van der Waals surface area contributed by atoms with Crippen molar-refractivity contribution in [2.75, 3.05) is 31.8 Å². The van der Waals surface area contributed by atoms with Gasteiger partial charge in [0.15, 0.2) is 5.82 Å². The first-order valence-electron chi connectivity index (χ1n) is 9.02. The molecule has 3 heterocycles. The Balaban J connectivity index is 1.53. The fraction of sp³-hybridized carbons (Fsp3) is 0.526. The van der Waals surface area contributed by atoms with Gasteiger partial charge in [0, 0.05) is 32.1 Å². The van der Waals surface area contributed by atoms with Crippen LogP contribution in [0.5, 0.6) is 5.75 Å². The number of anilines is 1. The fourth-order valence-corrected chi connectivity index (χ4v) is 3.65. The highest BCUT2D eigenvalue weighted by Crippen LogP contribution is 2.37. The highest BCUT2D eigenvalue weighted by molar-refractivity contribution is 5.97. The van der Waals surface area contributed by atoms with Crippen LogP contribution in [0.4, 0.5) is 5.69 Å². The van der Waals surface area contributed by atoms with Crippen molar-refractivity contribution in [1.29, 1.82) is 0 Å². The average Bonchev–Trinajstić information content (AvgIpc) is 3.29. The number of rotatable bonds is 4. The summed E-state index contributed by atoms with van der Waals surface area (Å²) in [6, 6.07) is 5.83. The van der Waals surface area contributed by atoms with Crippen LogP contribution in [0.1, 0.15) is 48.4 Å². The van der Waals surface area contributed by atoms with E-state index in [0.29, 0.717) is 24.6 Å². The molecule has 26 heavy (non-hydrogen) atoms. The van der Waals surface area contributed by atoms with Crippen molar-refractivity contribution in [1.82, 2.24) is 10.1 Å². The zero-order valence-electron chi connectivity index (χ0n) is 15.1. The van der Waals surface area contributed by atoms with Gasteiger partial charge in [0.1, 0.15) is 5.75 Å². The minimum absolute atomic E-state index is 0.0460. The molecule has 7 nitrogen and oxygen atoms in total. The minimum Gasteiger partial charge on any atom is -0.495 e. The number of aryl methyl sites for hydroxylation is 1. The molecule has 0 N–H and O–H groups in total. The van der Waals surface area contributed by atoms with Gasteiger partial charge in [0.05, 0.1) is 18.7 Å². The quantitative estimate of drug-likeness (QED) is 0.837. The first-order chi connectivity index (χ1) is 12.7. The van der Waals surface area contributed by atoms with Crippen molar-refractivity contribution in [3.63, 3.8) is 0 Å². The van der Waals surface area contributed by atoms with Gasteiger partial charge >= 0.3 is 0 Å². The molecule has 1 aromatic heterocycles. The lowest BCUT2D eigenvalue weighted by Crippen LogP contribution is -2.25. The Hall–Kier alpha value is -2.41. The first-order valence-corrected chi connectivity index (χ1v) is 9.02. The molecule has 1 atom stereocenters. The molecule has 2 saturated heterocycles. The lowest BCUT2D eigenvalue weighted by molar-refractivity contribution is -0.117. The number of ether oxygens (including phenoxy) is 2. The summed E-state index contributed by atoms with van der Waals surface area (Å²) in [6.07, 6.45) is 2.19. The zero-order chi connectivity index (χ0) is 18.1. The molecule has 2 aliphatic rings. The van der Waals surface area contributed by atoms with Crippen LogP contribution in [0, 0.1) is 6.92 Å². The van der Waals surface area contributed by atoms with Gasteiger partial charge in [0.2, 0.25) is 11.8 Å². The Kier molecular flexibility index (Phi) is 4.63. The van der Waals surface area contributed by atoms with E-state index in [1.807, 2.05) is 25.1 Å². The number of hydrogen-bond donors (Lipinski definition) is 0. The normalized spacial score (nSPS) is 21.4.